The quantitative estimate of drug-likeness (QED) is 0.773. The van der Waals surface area contributed by atoms with E-state index in [9.17, 15) is 0 Å². The van der Waals surface area contributed by atoms with Crippen molar-refractivity contribution in [3.8, 4) is 0 Å². The van der Waals surface area contributed by atoms with Gasteiger partial charge >= 0.3 is 0 Å². The summed E-state index contributed by atoms with van der Waals surface area (Å²) in [6.45, 7) is 6.52. The molecule has 0 aliphatic carbocycles. The predicted octanol–water partition coefficient (Wildman–Crippen LogP) is 3.70. The van der Waals surface area contributed by atoms with E-state index in [0.717, 1.165) is 25.1 Å². The second-order valence-electron chi connectivity index (χ2n) is 4.07. The van der Waals surface area contributed by atoms with E-state index in [1.165, 1.54) is 0 Å². The van der Waals surface area contributed by atoms with E-state index in [-0.39, 0.29) is 5.54 Å². The highest BCUT2D eigenvalue weighted by molar-refractivity contribution is 6.29. The number of nitrogens with two attached hydrogens (primary N) is 1. The Kier molecular flexibility index (Phi) is 4.42. The fourth-order valence-corrected chi connectivity index (χ4v) is 2.08. The molecule has 90 valence electrons. The van der Waals surface area contributed by atoms with Crippen molar-refractivity contribution in [1.82, 2.24) is 4.98 Å². The van der Waals surface area contributed by atoms with E-state index < -0.39 is 0 Å². The zero-order chi connectivity index (χ0) is 12.2. The minimum absolute atomic E-state index is 0.0874. The number of nitrogens with zero attached hydrogens (tertiary/aromatic N) is 1. The van der Waals surface area contributed by atoms with Gasteiger partial charge in [0.15, 0.2) is 0 Å². The van der Waals surface area contributed by atoms with Crippen LogP contribution in [0.4, 0.5) is 11.5 Å². The molecule has 0 aliphatic rings. The van der Waals surface area contributed by atoms with Crippen LogP contribution < -0.4 is 11.1 Å². The van der Waals surface area contributed by atoms with E-state index in [0.29, 0.717) is 10.8 Å². The predicted molar refractivity (Wildman–Crippen MR) is 70.9 cm³/mol. The standard InChI is InChI=1S/C12H20ClN3/c1-4-12(5-2,6-3)16-11-8-9(14)7-10(13)15-11/h7-8H,4-6H2,1-3H3,(H3,14,15,16). The average molecular weight is 242 g/mol. The van der Waals surface area contributed by atoms with Crippen LogP contribution in [0.5, 0.6) is 0 Å². The molecular formula is C12H20ClN3. The van der Waals surface area contributed by atoms with Crippen LogP contribution in [-0.4, -0.2) is 10.5 Å². The third-order valence-electron chi connectivity index (χ3n) is 3.24. The number of anilines is 2. The van der Waals surface area contributed by atoms with Crippen molar-refractivity contribution in [2.45, 2.75) is 45.6 Å². The zero-order valence-corrected chi connectivity index (χ0v) is 10.9. The van der Waals surface area contributed by atoms with Crippen LogP contribution in [0, 0.1) is 0 Å². The van der Waals surface area contributed by atoms with Gasteiger partial charge in [-0.15, -0.1) is 0 Å². The molecule has 0 saturated carbocycles. The first kappa shape index (κ1) is 13.1. The number of rotatable bonds is 5. The molecule has 0 amide bonds. The van der Waals surface area contributed by atoms with E-state index >= 15 is 0 Å². The van der Waals surface area contributed by atoms with Crippen molar-refractivity contribution in [3.05, 3.63) is 17.3 Å². The lowest BCUT2D eigenvalue weighted by atomic mass is 9.90. The Labute approximate surface area is 102 Å². The highest BCUT2D eigenvalue weighted by Gasteiger charge is 2.23. The molecule has 4 heteroatoms. The van der Waals surface area contributed by atoms with Crippen molar-refractivity contribution in [2.24, 2.45) is 0 Å². The SMILES string of the molecule is CCC(CC)(CC)Nc1cc(N)cc(Cl)n1. The first-order chi connectivity index (χ1) is 7.55. The van der Waals surface area contributed by atoms with Crippen molar-refractivity contribution in [1.29, 1.82) is 0 Å². The second kappa shape index (κ2) is 5.39. The molecule has 0 aromatic carbocycles. The Balaban J connectivity index is 2.93. The number of hydrogen-bond donors (Lipinski definition) is 2. The molecule has 0 fully saturated rings. The number of halogens is 1. The Hall–Kier alpha value is -0.960. The second-order valence-corrected chi connectivity index (χ2v) is 4.46. The summed E-state index contributed by atoms with van der Waals surface area (Å²) in [7, 11) is 0. The molecule has 16 heavy (non-hydrogen) atoms. The fraction of sp³-hybridized carbons (Fsp3) is 0.583. The first-order valence-corrected chi connectivity index (χ1v) is 6.14. The van der Waals surface area contributed by atoms with Crippen molar-refractivity contribution in [3.63, 3.8) is 0 Å². The molecule has 0 radical (unpaired) electrons. The van der Waals surface area contributed by atoms with Gasteiger partial charge in [-0.1, -0.05) is 32.4 Å². The molecule has 1 heterocycles. The minimum Gasteiger partial charge on any atom is -0.399 e. The monoisotopic (exact) mass is 241 g/mol. The van der Waals surface area contributed by atoms with Gasteiger partial charge in [0.25, 0.3) is 0 Å². The van der Waals surface area contributed by atoms with Gasteiger partial charge in [-0.3, -0.25) is 0 Å². The highest BCUT2D eigenvalue weighted by Crippen LogP contribution is 2.26. The molecule has 0 spiro atoms. The highest BCUT2D eigenvalue weighted by atomic mass is 35.5. The maximum absolute atomic E-state index is 5.88. The van der Waals surface area contributed by atoms with Crippen LogP contribution in [0.15, 0.2) is 12.1 Å². The topological polar surface area (TPSA) is 50.9 Å². The summed E-state index contributed by atoms with van der Waals surface area (Å²) in [5, 5.41) is 3.88. The molecule has 3 N–H and O–H groups in total. The molecule has 0 atom stereocenters. The zero-order valence-electron chi connectivity index (χ0n) is 10.2. The van der Waals surface area contributed by atoms with Crippen LogP contribution in [-0.2, 0) is 0 Å². The summed E-state index contributed by atoms with van der Waals surface area (Å²) >= 11 is 5.88. The van der Waals surface area contributed by atoms with Gasteiger partial charge in [0.05, 0.1) is 0 Å². The van der Waals surface area contributed by atoms with E-state index in [4.69, 9.17) is 17.3 Å². The van der Waals surface area contributed by atoms with Gasteiger partial charge in [-0.05, 0) is 25.3 Å². The molecule has 1 aromatic rings. The fourth-order valence-electron chi connectivity index (χ4n) is 1.87. The first-order valence-electron chi connectivity index (χ1n) is 5.76. The van der Waals surface area contributed by atoms with Crippen LogP contribution in [0.2, 0.25) is 5.15 Å². The van der Waals surface area contributed by atoms with Crippen LogP contribution in [0.1, 0.15) is 40.0 Å². The minimum atomic E-state index is 0.0874. The van der Waals surface area contributed by atoms with E-state index in [1.807, 2.05) is 6.07 Å². The Morgan fingerprint density at radius 2 is 1.81 bits per heavy atom. The lowest BCUT2D eigenvalue weighted by molar-refractivity contribution is 0.419. The van der Waals surface area contributed by atoms with Crippen molar-refractivity contribution < 1.29 is 0 Å². The summed E-state index contributed by atoms with van der Waals surface area (Å²) in [4.78, 5) is 4.24. The summed E-state index contributed by atoms with van der Waals surface area (Å²) < 4.78 is 0. The van der Waals surface area contributed by atoms with E-state index in [1.54, 1.807) is 6.07 Å². The largest absolute Gasteiger partial charge is 0.399 e. The van der Waals surface area contributed by atoms with Crippen LogP contribution in [0.25, 0.3) is 0 Å². The summed E-state index contributed by atoms with van der Waals surface area (Å²) in [6, 6.07) is 3.47. The third-order valence-corrected chi connectivity index (χ3v) is 3.43. The Morgan fingerprint density at radius 1 is 1.25 bits per heavy atom. The maximum atomic E-state index is 5.88. The van der Waals surface area contributed by atoms with Gasteiger partial charge in [0.2, 0.25) is 0 Å². The van der Waals surface area contributed by atoms with E-state index in [2.05, 4.69) is 31.1 Å². The van der Waals surface area contributed by atoms with Gasteiger partial charge in [0.1, 0.15) is 11.0 Å². The lowest BCUT2D eigenvalue weighted by Crippen LogP contribution is -2.36. The molecular weight excluding hydrogens is 222 g/mol. The van der Waals surface area contributed by atoms with Crippen LogP contribution >= 0.6 is 11.6 Å². The third kappa shape index (κ3) is 3.01. The smallest absolute Gasteiger partial charge is 0.133 e. The Bertz CT molecular complexity index is 320. The number of pyridine rings is 1. The molecule has 3 nitrogen and oxygen atoms in total. The average Bonchev–Trinajstić information content (AvgIpc) is 2.25. The molecule has 0 aliphatic heterocycles. The molecule has 1 aromatic heterocycles. The number of aromatic nitrogens is 1. The number of nitrogens with one attached hydrogen (secondary N) is 1. The van der Waals surface area contributed by atoms with Gasteiger partial charge in [-0.25, -0.2) is 4.98 Å². The van der Waals surface area contributed by atoms with Gasteiger partial charge in [-0.2, -0.15) is 0 Å². The van der Waals surface area contributed by atoms with Gasteiger partial charge in [0, 0.05) is 17.3 Å². The molecule has 0 unspecified atom stereocenters. The molecule has 0 bridgehead atoms. The number of hydrogen-bond acceptors (Lipinski definition) is 3. The maximum Gasteiger partial charge on any atom is 0.133 e. The number of nitrogen functional groups attached to an aromatic ring is 1. The molecule has 1 rings (SSSR count). The van der Waals surface area contributed by atoms with Crippen molar-refractivity contribution >= 4 is 23.1 Å². The summed E-state index contributed by atoms with van der Waals surface area (Å²) in [6.07, 6.45) is 3.15. The van der Waals surface area contributed by atoms with Gasteiger partial charge < -0.3 is 11.1 Å². The summed E-state index contributed by atoms with van der Waals surface area (Å²) in [5.41, 5.74) is 6.46. The summed E-state index contributed by atoms with van der Waals surface area (Å²) in [5.74, 6) is 0.760. The Morgan fingerprint density at radius 3 is 2.25 bits per heavy atom. The van der Waals surface area contributed by atoms with Crippen molar-refractivity contribution in [2.75, 3.05) is 11.1 Å². The lowest BCUT2D eigenvalue weighted by Gasteiger charge is -2.32. The molecule has 0 saturated heterocycles. The van der Waals surface area contributed by atoms with Crippen LogP contribution in [0.3, 0.4) is 0 Å². The normalized spacial score (nSPS) is 11.5.